The van der Waals surface area contributed by atoms with Crippen molar-refractivity contribution in [2.75, 3.05) is 5.32 Å². The summed E-state index contributed by atoms with van der Waals surface area (Å²) in [6.45, 7) is 3.91. The van der Waals surface area contributed by atoms with Crippen LogP contribution in [0.5, 0.6) is 11.6 Å². The Kier molecular flexibility index (Phi) is 5.52. The number of nitrogens with zero attached hydrogens (tertiary/aromatic N) is 4. The highest BCUT2D eigenvalue weighted by Gasteiger charge is 2.07. The fourth-order valence-corrected chi connectivity index (χ4v) is 3.08. The lowest BCUT2D eigenvalue weighted by molar-refractivity contribution is -0.115. The van der Waals surface area contributed by atoms with Crippen molar-refractivity contribution in [3.8, 4) is 17.4 Å². The van der Waals surface area contributed by atoms with Crippen molar-refractivity contribution >= 4 is 11.6 Å². The highest BCUT2D eigenvalue weighted by Crippen LogP contribution is 2.23. The van der Waals surface area contributed by atoms with E-state index in [2.05, 4.69) is 20.3 Å². The number of carbonyl (C=O) groups excluding carboxylic acids is 1. The zero-order valence-electron chi connectivity index (χ0n) is 16.7. The molecular weight excluding hydrogens is 378 g/mol. The molecule has 0 radical (unpaired) electrons. The quantitative estimate of drug-likeness (QED) is 0.524. The molecule has 0 atom stereocenters. The molecule has 150 valence electrons. The number of hydrogen-bond donors (Lipinski definition) is 1. The van der Waals surface area contributed by atoms with E-state index < -0.39 is 0 Å². The molecule has 7 heteroatoms. The van der Waals surface area contributed by atoms with Gasteiger partial charge in [0.25, 0.3) is 0 Å². The summed E-state index contributed by atoms with van der Waals surface area (Å²) in [5, 5.41) is 2.90. The number of rotatable bonds is 6. The Morgan fingerprint density at radius 1 is 1.03 bits per heavy atom. The SMILES string of the molecule is Cc1cccc(CC(=O)Nc2ccc(Oc3cc(-n4ccnc4C)ncn3)cc2)c1. The molecule has 30 heavy (non-hydrogen) atoms. The number of hydrogen-bond acceptors (Lipinski definition) is 5. The second kappa shape index (κ2) is 8.57. The van der Waals surface area contributed by atoms with E-state index in [-0.39, 0.29) is 5.91 Å². The monoisotopic (exact) mass is 399 g/mol. The third-order valence-corrected chi connectivity index (χ3v) is 4.51. The van der Waals surface area contributed by atoms with Crippen LogP contribution in [0.15, 0.2) is 73.3 Å². The highest BCUT2D eigenvalue weighted by molar-refractivity contribution is 5.92. The number of nitrogens with one attached hydrogen (secondary N) is 1. The lowest BCUT2D eigenvalue weighted by Gasteiger charge is -2.09. The van der Waals surface area contributed by atoms with Crippen LogP contribution in [0.4, 0.5) is 5.69 Å². The minimum atomic E-state index is -0.0644. The number of benzene rings is 2. The second-order valence-electron chi connectivity index (χ2n) is 6.90. The van der Waals surface area contributed by atoms with E-state index in [9.17, 15) is 4.79 Å². The number of aromatic nitrogens is 4. The predicted octanol–water partition coefficient (Wildman–Crippen LogP) is 4.25. The van der Waals surface area contributed by atoms with Crippen LogP contribution in [0.1, 0.15) is 17.0 Å². The van der Waals surface area contributed by atoms with Gasteiger partial charge in [-0.3, -0.25) is 9.36 Å². The Morgan fingerprint density at radius 3 is 2.60 bits per heavy atom. The summed E-state index contributed by atoms with van der Waals surface area (Å²) in [7, 11) is 0. The van der Waals surface area contributed by atoms with Gasteiger partial charge in [-0.25, -0.2) is 15.0 Å². The molecule has 2 heterocycles. The van der Waals surface area contributed by atoms with E-state index in [0.717, 1.165) is 17.0 Å². The normalized spacial score (nSPS) is 10.6. The first kappa shape index (κ1) is 19.3. The standard InChI is InChI=1S/C23H21N5O2/c1-16-4-3-5-18(12-16)13-22(29)27-19-6-8-20(9-7-19)30-23-14-21(25-15-26-23)28-11-10-24-17(28)2/h3-12,14-15H,13H2,1-2H3,(H,27,29). The summed E-state index contributed by atoms with van der Waals surface area (Å²) >= 11 is 0. The van der Waals surface area contributed by atoms with Gasteiger partial charge in [-0.05, 0) is 43.7 Å². The van der Waals surface area contributed by atoms with Crippen LogP contribution in [-0.4, -0.2) is 25.4 Å². The zero-order chi connectivity index (χ0) is 20.9. The molecule has 2 aromatic heterocycles. The van der Waals surface area contributed by atoms with Gasteiger partial charge in [0, 0.05) is 24.1 Å². The number of imidazole rings is 1. The summed E-state index contributed by atoms with van der Waals surface area (Å²) in [6, 6.07) is 16.8. The van der Waals surface area contributed by atoms with E-state index in [4.69, 9.17) is 4.74 Å². The summed E-state index contributed by atoms with van der Waals surface area (Å²) in [4.78, 5) is 24.9. The van der Waals surface area contributed by atoms with Crippen LogP contribution in [0, 0.1) is 13.8 Å². The molecule has 0 fully saturated rings. The van der Waals surface area contributed by atoms with Gasteiger partial charge in [-0.2, -0.15) is 0 Å². The van der Waals surface area contributed by atoms with Crippen LogP contribution in [0.2, 0.25) is 0 Å². The van der Waals surface area contributed by atoms with Gasteiger partial charge in [0.05, 0.1) is 6.42 Å². The summed E-state index contributed by atoms with van der Waals surface area (Å²) < 4.78 is 7.68. The first-order valence-electron chi connectivity index (χ1n) is 9.52. The lowest BCUT2D eigenvalue weighted by atomic mass is 10.1. The minimum absolute atomic E-state index is 0.0644. The molecule has 0 aliphatic carbocycles. The largest absolute Gasteiger partial charge is 0.439 e. The van der Waals surface area contributed by atoms with E-state index >= 15 is 0 Å². The van der Waals surface area contributed by atoms with E-state index in [0.29, 0.717) is 29.6 Å². The summed E-state index contributed by atoms with van der Waals surface area (Å²) in [5.41, 5.74) is 2.83. The molecule has 2 aromatic carbocycles. The topological polar surface area (TPSA) is 81.9 Å². The maximum Gasteiger partial charge on any atom is 0.228 e. The first-order valence-corrected chi connectivity index (χ1v) is 9.52. The molecule has 4 rings (SSSR count). The molecule has 0 aliphatic heterocycles. The molecule has 0 saturated heterocycles. The van der Waals surface area contributed by atoms with Crippen LogP contribution in [0.3, 0.4) is 0 Å². The van der Waals surface area contributed by atoms with Gasteiger partial charge in [0.1, 0.15) is 23.7 Å². The van der Waals surface area contributed by atoms with Crippen LogP contribution < -0.4 is 10.1 Å². The molecule has 0 saturated carbocycles. The third-order valence-electron chi connectivity index (χ3n) is 4.51. The van der Waals surface area contributed by atoms with Crippen molar-refractivity contribution in [3.63, 3.8) is 0 Å². The van der Waals surface area contributed by atoms with Gasteiger partial charge in [0.15, 0.2) is 0 Å². The molecule has 0 bridgehead atoms. The van der Waals surface area contributed by atoms with Gasteiger partial charge in [0.2, 0.25) is 11.8 Å². The third kappa shape index (κ3) is 4.70. The minimum Gasteiger partial charge on any atom is -0.439 e. The van der Waals surface area contributed by atoms with Crippen LogP contribution >= 0.6 is 0 Å². The maximum absolute atomic E-state index is 12.3. The Balaban J connectivity index is 1.39. The van der Waals surface area contributed by atoms with Crippen molar-refractivity contribution < 1.29 is 9.53 Å². The van der Waals surface area contributed by atoms with Gasteiger partial charge in [-0.15, -0.1) is 0 Å². The summed E-state index contributed by atoms with van der Waals surface area (Å²) in [5.74, 6) is 2.47. The first-order chi connectivity index (χ1) is 14.6. The molecule has 4 aromatic rings. The number of amides is 1. The zero-order valence-corrected chi connectivity index (χ0v) is 16.7. The molecule has 1 amide bonds. The van der Waals surface area contributed by atoms with Gasteiger partial charge < -0.3 is 10.1 Å². The summed E-state index contributed by atoms with van der Waals surface area (Å²) in [6.07, 6.45) is 5.32. The molecule has 1 N–H and O–H groups in total. The van der Waals surface area contributed by atoms with Crippen molar-refractivity contribution in [2.45, 2.75) is 20.3 Å². The van der Waals surface area contributed by atoms with Crippen LogP contribution in [0.25, 0.3) is 5.82 Å². The smallest absolute Gasteiger partial charge is 0.228 e. The van der Waals surface area contributed by atoms with E-state index in [1.54, 1.807) is 36.5 Å². The van der Waals surface area contributed by atoms with E-state index in [1.807, 2.05) is 48.9 Å². The molecule has 7 nitrogen and oxygen atoms in total. The Labute approximate surface area is 174 Å². The number of anilines is 1. The van der Waals surface area contributed by atoms with Crippen LogP contribution in [-0.2, 0) is 11.2 Å². The molecule has 0 aliphatic rings. The van der Waals surface area contributed by atoms with Gasteiger partial charge in [-0.1, -0.05) is 29.8 Å². The number of ether oxygens (including phenoxy) is 1. The predicted molar refractivity (Wildman–Crippen MR) is 114 cm³/mol. The molecule has 0 unspecified atom stereocenters. The fraction of sp³-hybridized carbons (Fsp3) is 0.130. The van der Waals surface area contributed by atoms with Crippen molar-refractivity contribution in [3.05, 3.63) is 90.3 Å². The highest BCUT2D eigenvalue weighted by atomic mass is 16.5. The Bertz CT molecular complexity index is 1170. The van der Waals surface area contributed by atoms with Crippen molar-refractivity contribution in [2.24, 2.45) is 0 Å². The Hall–Kier alpha value is -4.00. The second-order valence-corrected chi connectivity index (χ2v) is 6.90. The van der Waals surface area contributed by atoms with E-state index in [1.165, 1.54) is 6.33 Å². The number of aryl methyl sites for hydroxylation is 2. The van der Waals surface area contributed by atoms with Crippen molar-refractivity contribution in [1.29, 1.82) is 0 Å². The number of carbonyl (C=O) groups is 1. The molecule has 0 spiro atoms. The average Bonchev–Trinajstić information content (AvgIpc) is 3.16. The average molecular weight is 399 g/mol. The van der Waals surface area contributed by atoms with Gasteiger partial charge >= 0.3 is 0 Å². The maximum atomic E-state index is 12.3. The van der Waals surface area contributed by atoms with Crippen molar-refractivity contribution in [1.82, 2.24) is 19.5 Å². The Morgan fingerprint density at radius 2 is 1.87 bits per heavy atom. The lowest BCUT2D eigenvalue weighted by Crippen LogP contribution is -2.14. The fourth-order valence-electron chi connectivity index (χ4n) is 3.08. The molecular formula is C23H21N5O2.